The Hall–Kier alpha value is -2.47. The maximum atomic E-state index is 12.4. The second-order valence-electron chi connectivity index (χ2n) is 6.12. The Balaban J connectivity index is 1.78. The maximum absolute atomic E-state index is 12.4. The third-order valence-corrected chi connectivity index (χ3v) is 5.80. The van der Waals surface area contributed by atoms with Crippen LogP contribution in [0.5, 0.6) is 0 Å². The van der Waals surface area contributed by atoms with Gasteiger partial charge in [0.15, 0.2) is 6.04 Å². The third kappa shape index (κ3) is 2.98. The molecule has 4 rings (SSSR count). The number of thiophene rings is 1. The van der Waals surface area contributed by atoms with Gasteiger partial charge in [-0.25, -0.2) is 14.8 Å². The van der Waals surface area contributed by atoms with Gasteiger partial charge in [-0.05, 0) is 36.8 Å². The average molecular weight is 353 g/mol. The highest BCUT2D eigenvalue weighted by molar-refractivity contribution is 7.19. The van der Waals surface area contributed by atoms with Crippen molar-refractivity contribution < 1.29 is 9.53 Å². The summed E-state index contributed by atoms with van der Waals surface area (Å²) >= 11 is 1.74. The number of anilines is 1. The van der Waals surface area contributed by atoms with Crippen molar-refractivity contribution >= 4 is 33.3 Å². The van der Waals surface area contributed by atoms with Gasteiger partial charge in [-0.3, -0.25) is 0 Å². The topological polar surface area (TPSA) is 64.1 Å². The van der Waals surface area contributed by atoms with E-state index in [2.05, 4.69) is 15.3 Å². The Labute approximate surface area is 150 Å². The second kappa shape index (κ2) is 6.80. The van der Waals surface area contributed by atoms with E-state index in [1.807, 2.05) is 30.3 Å². The number of fused-ring (bicyclic) bond motifs is 3. The van der Waals surface area contributed by atoms with Gasteiger partial charge in [0.25, 0.3) is 0 Å². The van der Waals surface area contributed by atoms with Crippen molar-refractivity contribution in [1.29, 1.82) is 0 Å². The summed E-state index contributed by atoms with van der Waals surface area (Å²) in [6.45, 7) is 0. The standard InChI is InChI=1S/C19H19N3O2S/c1-24-19(23)16(12-7-3-2-4-8-12)22-17-15-13-9-5-6-10-14(13)25-18(15)21-11-20-17/h2-4,7-8,11,16H,5-6,9-10H2,1H3,(H,20,21,22). The van der Waals surface area contributed by atoms with Crippen molar-refractivity contribution in [1.82, 2.24) is 9.97 Å². The number of methoxy groups -OCH3 is 1. The van der Waals surface area contributed by atoms with Crippen LogP contribution in [-0.4, -0.2) is 23.0 Å². The summed E-state index contributed by atoms with van der Waals surface area (Å²) in [5.41, 5.74) is 2.19. The van der Waals surface area contributed by atoms with Crippen molar-refractivity contribution in [3.8, 4) is 0 Å². The summed E-state index contributed by atoms with van der Waals surface area (Å²) in [6, 6.07) is 8.98. The van der Waals surface area contributed by atoms with Crippen molar-refractivity contribution in [2.45, 2.75) is 31.7 Å². The zero-order valence-corrected chi connectivity index (χ0v) is 14.8. The number of hydrogen-bond donors (Lipinski definition) is 1. The van der Waals surface area contributed by atoms with Crippen LogP contribution in [0.2, 0.25) is 0 Å². The molecule has 0 bridgehead atoms. The SMILES string of the molecule is COC(=O)C(Nc1ncnc2sc3c(c12)CCCC3)c1ccccc1. The molecular weight excluding hydrogens is 334 g/mol. The quantitative estimate of drug-likeness (QED) is 0.721. The van der Waals surface area contributed by atoms with E-state index in [9.17, 15) is 4.79 Å². The number of esters is 1. The minimum absolute atomic E-state index is 0.331. The van der Waals surface area contributed by atoms with E-state index >= 15 is 0 Å². The first-order valence-corrected chi connectivity index (χ1v) is 9.24. The molecule has 0 radical (unpaired) electrons. The smallest absolute Gasteiger partial charge is 0.333 e. The molecule has 1 aromatic carbocycles. The van der Waals surface area contributed by atoms with Gasteiger partial charge in [-0.1, -0.05) is 30.3 Å². The molecule has 2 aromatic heterocycles. The first-order valence-electron chi connectivity index (χ1n) is 8.42. The van der Waals surface area contributed by atoms with Crippen LogP contribution in [0.4, 0.5) is 5.82 Å². The number of hydrogen-bond acceptors (Lipinski definition) is 6. The van der Waals surface area contributed by atoms with Gasteiger partial charge in [-0.2, -0.15) is 0 Å². The van der Waals surface area contributed by atoms with Crippen LogP contribution in [0.15, 0.2) is 36.7 Å². The molecule has 3 aromatic rings. The summed E-state index contributed by atoms with van der Waals surface area (Å²) < 4.78 is 5.00. The van der Waals surface area contributed by atoms with Gasteiger partial charge in [0, 0.05) is 4.88 Å². The van der Waals surface area contributed by atoms with E-state index in [4.69, 9.17) is 4.74 Å². The molecule has 1 aliphatic carbocycles. The van der Waals surface area contributed by atoms with E-state index < -0.39 is 6.04 Å². The molecule has 0 spiro atoms. The first-order chi connectivity index (χ1) is 12.3. The van der Waals surface area contributed by atoms with E-state index in [0.717, 1.165) is 28.6 Å². The number of aryl methyl sites for hydroxylation is 2. The summed E-state index contributed by atoms with van der Waals surface area (Å²) in [5, 5.41) is 4.37. The van der Waals surface area contributed by atoms with E-state index in [0.29, 0.717) is 5.82 Å². The van der Waals surface area contributed by atoms with Crippen LogP contribution in [-0.2, 0) is 22.4 Å². The zero-order valence-electron chi connectivity index (χ0n) is 14.0. The molecule has 128 valence electrons. The number of rotatable bonds is 4. The number of carbonyl (C=O) groups excluding carboxylic acids is 1. The van der Waals surface area contributed by atoms with Gasteiger partial charge in [0.05, 0.1) is 12.5 Å². The Kier molecular flexibility index (Phi) is 4.36. The highest BCUT2D eigenvalue weighted by atomic mass is 32.1. The molecule has 5 nitrogen and oxygen atoms in total. The minimum Gasteiger partial charge on any atom is -0.467 e. The highest BCUT2D eigenvalue weighted by Crippen LogP contribution is 2.39. The predicted molar refractivity (Wildman–Crippen MR) is 98.9 cm³/mol. The lowest BCUT2D eigenvalue weighted by Crippen LogP contribution is -2.23. The molecule has 0 aliphatic heterocycles. The van der Waals surface area contributed by atoms with Crippen LogP contribution in [0, 0.1) is 0 Å². The molecule has 0 saturated heterocycles. The largest absolute Gasteiger partial charge is 0.467 e. The fraction of sp³-hybridized carbons (Fsp3) is 0.316. The fourth-order valence-electron chi connectivity index (χ4n) is 3.38. The normalized spacial score (nSPS) is 14.8. The molecule has 2 heterocycles. The summed E-state index contributed by atoms with van der Waals surface area (Å²) in [5.74, 6) is 0.380. The highest BCUT2D eigenvalue weighted by Gasteiger charge is 2.25. The van der Waals surface area contributed by atoms with Gasteiger partial charge in [0.1, 0.15) is 17.0 Å². The van der Waals surface area contributed by atoms with E-state index in [1.165, 1.54) is 30.4 Å². The monoisotopic (exact) mass is 353 g/mol. The van der Waals surface area contributed by atoms with Gasteiger partial charge < -0.3 is 10.1 Å². The number of benzene rings is 1. The van der Waals surface area contributed by atoms with Crippen molar-refractivity contribution in [2.24, 2.45) is 0 Å². The molecule has 1 atom stereocenters. The molecule has 1 N–H and O–H groups in total. The summed E-state index contributed by atoms with van der Waals surface area (Å²) in [6.07, 6.45) is 6.13. The zero-order chi connectivity index (χ0) is 17.2. The van der Waals surface area contributed by atoms with Crippen LogP contribution in [0.25, 0.3) is 10.2 Å². The maximum Gasteiger partial charge on any atom is 0.333 e. The average Bonchev–Trinajstić information content (AvgIpc) is 3.05. The Morgan fingerprint density at radius 2 is 2.00 bits per heavy atom. The molecule has 0 saturated carbocycles. The van der Waals surface area contributed by atoms with Crippen LogP contribution < -0.4 is 5.32 Å². The lowest BCUT2D eigenvalue weighted by Gasteiger charge is -2.18. The molecular formula is C19H19N3O2S. The molecule has 0 amide bonds. The summed E-state index contributed by atoms with van der Waals surface area (Å²) in [7, 11) is 1.40. The van der Waals surface area contributed by atoms with Crippen LogP contribution >= 0.6 is 11.3 Å². The van der Waals surface area contributed by atoms with Gasteiger partial charge in [0.2, 0.25) is 0 Å². The van der Waals surface area contributed by atoms with Gasteiger partial charge >= 0.3 is 5.97 Å². The number of carbonyl (C=O) groups is 1. The number of nitrogens with zero attached hydrogens (tertiary/aromatic N) is 2. The van der Waals surface area contributed by atoms with Crippen molar-refractivity contribution in [2.75, 3.05) is 12.4 Å². The second-order valence-corrected chi connectivity index (χ2v) is 7.21. The molecule has 0 fully saturated rings. The summed E-state index contributed by atoms with van der Waals surface area (Å²) in [4.78, 5) is 23.6. The molecule has 25 heavy (non-hydrogen) atoms. The van der Waals surface area contributed by atoms with Crippen molar-refractivity contribution in [3.63, 3.8) is 0 Å². The lowest BCUT2D eigenvalue weighted by atomic mass is 9.97. The predicted octanol–water partition coefficient (Wildman–Crippen LogP) is 3.90. The van der Waals surface area contributed by atoms with E-state index in [-0.39, 0.29) is 5.97 Å². The fourth-order valence-corrected chi connectivity index (χ4v) is 4.61. The minimum atomic E-state index is -0.594. The van der Waals surface area contributed by atoms with Crippen molar-refractivity contribution in [3.05, 3.63) is 52.7 Å². The molecule has 6 heteroatoms. The first kappa shape index (κ1) is 16.0. The third-order valence-electron chi connectivity index (χ3n) is 4.60. The Morgan fingerprint density at radius 3 is 2.80 bits per heavy atom. The Morgan fingerprint density at radius 1 is 1.20 bits per heavy atom. The lowest BCUT2D eigenvalue weighted by molar-refractivity contribution is -0.141. The molecule has 1 unspecified atom stereocenters. The molecule has 1 aliphatic rings. The number of nitrogens with one attached hydrogen (secondary N) is 1. The van der Waals surface area contributed by atoms with E-state index in [1.54, 1.807) is 17.7 Å². The number of aromatic nitrogens is 2. The van der Waals surface area contributed by atoms with Crippen LogP contribution in [0.1, 0.15) is 34.9 Å². The van der Waals surface area contributed by atoms with Crippen LogP contribution in [0.3, 0.4) is 0 Å². The Bertz CT molecular complexity index is 908. The van der Waals surface area contributed by atoms with Gasteiger partial charge in [-0.15, -0.1) is 11.3 Å². The number of ether oxygens (including phenoxy) is 1.